The summed E-state index contributed by atoms with van der Waals surface area (Å²) in [7, 11) is 0. The van der Waals surface area contributed by atoms with Crippen LogP contribution in [0.15, 0.2) is 34.9 Å². The third-order valence-electron chi connectivity index (χ3n) is 3.54. The highest BCUT2D eigenvalue weighted by Gasteiger charge is 2.23. The monoisotopic (exact) mass is 290 g/mol. The second-order valence-electron chi connectivity index (χ2n) is 5.58. The standard InChI is InChI=1S/C16H19FN2O2/c1-11-8-19(9-12(2)20-11)10-16-18-7-15(21-16)13-3-5-14(17)6-4-13/h3-7,11-12H,8-10H2,1-2H3/t11-,12-/m0/s1. The van der Waals surface area contributed by atoms with Crippen LogP contribution in [0.5, 0.6) is 0 Å². The van der Waals surface area contributed by atoms with Crippen LogP contribution < -0.4 is 0 Å². The van der Waals surface area contributed by atoms with Crippen molar-refractivity contribution in [3.63, 3.8) is 0 Å². The zero-order valence-corrected chi connectivity index (χ0v) is 12.3. The fraction of sp³-hybridized carbons (Fsp3) is 0.438. The molecule has 1 fully saturated rings. The normalized spacial score (nSPS) is 23.4. The zero-order chi connectivity index (χ0) is 14.8. The van der Waals surface area contributed by atoms with Gasteiger partial charge in [0.25, 0.3) is 0 Å². The Bertz CT molecular complexity index is 587. The van der Waals surface area contributed by atoms with Crippen LogP contribution >= 0.6 is 0 Å². The molecular formula is C16H19FN2O2. The molecule has 21 heavy (non-hydrogen) atoms. The van der Waals surface area contributed by atoms with E-state index in [0.29, 0.717) is 18.2 Å². The Morgan fingerprint density at radius 2 is 1.86 bits per heavy atom. The lowest BCUT2D eigenvalue weighted by molar-refractivity contribution is -0.0721. The van der Waals surface area contributed by atoms with Crippen molar-refractivity contribution in [1.82, 2.24) is 9.88 Å². The van der Waals surface area contributed by atoms with Gasteiger partial charge in [-0.3, -0.25) is 4.90 Å². The molecule has 1 saturated heterocycles. The van der Waals surface area contributed by atoms with Crippen molar-refractivity contribution in [2.45, 2.75) is 32.6 Å². The summed E-state index contributed by atoms with van der Waals surface area (Å²) in [6, 6.07) is 6.22. The molecule has 1 aromatic heterocycles. The van der Waals surface area contributed by atoms with Crippen LogP contribution in [-0.4, -0.2) is 35.2 Å². The van der Waals surface area contributed by atoms with Crippen LogP contribution in [0.4, 0.5) is 4.39 Å². The second kappa shape index (κ2) is 5.95. The summed E-state index contributed by atoms with van der Waals surface area (Å²) >= 11 is 0. The first-order valence-electron chi connectivity index (χ1n) is 7.18. The van der Waals surface area contributed by atoms with Gasteiger partial charge in [0.2, 0.25) is 5.89 Å². The molecule has 0 amide bonds. The molecule has 1 aromatic carbocycles. The van der Waals surface area contributed by atoms with Gasteiger partial charge in [-0.15, -0.1) is 0 Å². The van der Waals surface area contributed by atoms with Crippen molar-refractivity contribution < 1.29 is 13.5 Å². The molecule has 0 radical (unpaired) electrons. The Morgan fingerprint density at radius 1 is 1.19 bits per heavy atom. The lowest BCUT2D eigenvalue weighted by atomic mass is 10.2. The molecule has 112 valence electrons. The van der Waals surface area contributed by atoms with E-state index in [4.69, 9.17) is 9.15 Å². The first-order chi connectivity index (χ1) is 10.1. The number of rotatable bonds is 3. The summed E-state index contributed by atoms with van der Waals surface area (Å²) in [6.45, 7) is 6.56. The van der Waals surface area contributed by atoms with Crippen molar-refractivity contribution in [2.24, 2.45) is 0 Å². The van der Waals surface area contributed by atoms with E-state index in [1.54, 1.807) is 18.3 Å². The summed E-state index contributed by atoms with van der Waals surface area (Å²) < 4.78 is 24.4. The SMILES string of the molecule is C[C@H]1CN(Cc2ncc(-c3ccc(F)cc3)o2)C[C@H](C)O1. The molecule has 0 unspecified atom stereocenters. The van der Waals surface area contributed by atoms with Gasteiger partial charge in [0, 0.05) is 18.7 Å². The number of benzene rings is 1. The highest BCUT2D eigenvalue weighted by atomic mass is 19.1. The maximum Gasteiger partial charge on any atom is 0.209 e. The molecule has 3 rings (SSSR count). The van der Waals surface area contributed by atoms with Gasteiger partial charge >= 0.3 is 0 Å². The molecule has 5 heteroatoms. The average Bonchev–Trinajstić information content (AvgIpc) is 2.87. The van der Waals surface area contributed by atoms with E-state index in [1.807, 2.05) is 0 Å². The van der Waals surface area contributed by atoms with E-state index in [-0.39, 0.29) is 18.0 Å². The average molecular weight is 290 g/mol. The van der Waals surface area contributed by atoms with Crippen LogP contribution in [0, 0.1) is 5.82 Å². The van der Waals surface area contributed by atoms with Gasteiger partial charge in [0.05, 0.1) is 24.9 Å². The number of oxazole rings is 1. The van der Waals surface area contributed by atoms with Gasteiger partial charge in [0.1, 0.15) is 5.82 Å². The number of hydrogen-bond acceptors (Lipinski definition) is 4. The maximum atomic E-state index is 12.9. The number of halogens is 1. The Hall–Kier alpha value is -1.72. The first-order valence-corrected chi connectivity index (χ1v) is 7.18. The summed E-state index contributed by atoms with van der Waals surface area (Å²) in [5, 5.41) is 0. The van der Waals surface area contributed by atoms with Crippen molar-refractivity contribution in [3.05, 3.63) is 42.2 Å². The van der Waals surface area contributed by atoms with Gasteiger partial charge < -0.3 is 9.15 Å². The largest absolute Gasteiger partial charge is 0.439 e. The van der Waals surface area contributed by atoms with Crippen molar-refractivity contribution in [1.29, 1.82) is 0 Å². The first kappa shape index (κ1) is 14.2. The maximum absolute atomic E-state index is 12.9. The third kappa shape index (κ3) is 3.49. The molecule has 2 atom stereocenters. The zero-order valence-electron chi connectivity index (χ0n) is 12.3. The number of ether oxygens (including phenoxy) is 1. The molecular weight excluding hydrogens is 271 g/mol. The van der Waals surface area contributed by atoms with Crippen molar-refractivity contribution in [3.8, 4) is 11.3 Å². The Morgan fingerprint density at radius 3 is 2.52 bits per heavy atom. The van der Waals surface area contributed by atoms with Crippen molar-refractivity contribution >= 4 is 0 Å². The van der Waals surface area contributed by atoms with E-state index in [9.17, 15) is 4.39 Å². The van der Waals surface area contributed by atoms with E-state index in [1.165, 1.54) is 12.1 Å². The lowest BCUT2D eigenvalue weighted by Gasteiger charge is -2.34. The minimum Gasteiger partial charge on any atom is -0.439 e. The lowest BCUT2D eigenvalue weighted by Crippen LogP contribution is -2.44. The van der Waals surface area contributed by atoms with Crippen LogP contribution in [0.3, 0.4) is 0 Å². The van der Waals surface area contributed by atoms with E-state index in [2.05, 4.69) is 23.7 Å². The number of morpholine rings is 1. The highest BCUT2D eigenvalue weighted by molar-refractivity contribution is 5.55. The minimum atomic E-state index is -0.255. The molecule has 1 aliphatic heterocycles. The minimum absolute atomic E-state index is 0.222. The quantitative estimate of drug-likeness (QED) is 0.870. The predicted molar refractivity (Wildman–Crippen MR) is 77.2 cm³/mol. The second-order valence-corrected chi connectivity index (χ2v) is 5.58. The van der Waals surface area contributed by atoms with Crippen LogP contribution in [0.25, 0.3) is 11.3 Å². The van der Waals surface area contributed by atoms with Crippen molar-refractivity contribution in [2.75, 3.05) is 13.1 Å². The Kier molecular flexibility index (Phi) is 4.03. The molecule has 0 bridgehead atoms. The van der Waals surface area contributed by atoms with Gasteiger partial charge in [-0.25, -0.2) is 9.37 Å². The van der Waals surface area contributed by atoms with E-state index < -0.39 is 0 Å². The topological polar surface area (TPSA) is 38.5 Å². The predicted octanol–water partition coefficient (Wildman–Crippen LogP) is 3.09. The third-order valence-corrected chi connectivity index (χ3v) is 3.54. The van der Waals surface area contributed by atoms with E-state index in [0.717, 1.165) is 18.7 Å². The Balaban J connectivity index is 1.69. The van der Waals surface area contributed by atoms with Gasteiger partial charge in [0.15, 0.2) is 5.76 Å². The summed E-state index contributed by atoms with van der Waals surface area (Å²) in [5.41, 5.74) is 0.832. The number of aromatic nitrogens is 1. The molecule has 4 nitrogen and oxygen atoms in total. The molecule has 0 saturated carbocycles. The smallest absolute Gasteiger partial charge is 0.209 e. The molecule has 1 aliphatic rings. The molecule has 0 spiro atoms. The summed E-state index contributed by atoms with van der Waals surface area (Å²) in [4.78, 5) is 6.59. The van der Waals surface area contributed by atoms with Gasteiger partial charge in [-0.2, -0.15) is 0 Å². The van der Waals surface area contributed by atoms with E-state index >= 15 is 0 Å². The van der Waals surface area contributed by atoms with Gasteiger partial charge in [-0.05, 0) is 38.1 Å². The highest BCUT2D eigenvalue weighted by Crippen LogP contribution is 2.22. The molecule has 2 heterocycles. The van der Waals surface area contributed by atoms with Crippen LogP contribution in [0.2, 0.25) is 0 Å². The molecule has 0 N–H and O–H groups in total. The summed E-state index contributed by atoms with van der Waals surface area (Å²) in [5.74, 6) is 1.09. The van der Waals surface area contributed by atoms with Gasteiger partial charge in [-0.1, -0.05) is 0 Å². The van der Waals surface area contributed by atoms with Crippen LogP contribution in [0.1, 0.15) is 19.7 Å². The molecule has 0 aliphatic carbocycles. The van der Waals surface area contributed by atoms with Crippen LogP contribution in [-0.2, 0) is 11.3 Å². The Labute approximate surface area is 123 Å². The summed E-state index contributed by atoms with van der Waals surface area (Å²) in [6.07, 6.45) is 2.14. The number of hydrogen-bond donors (Lipinski definition) is 0. The number of nitrogens with zero attached hydrogens (tertiary/aromatic N) is 2. The molecule has 2 aromatic rings. The fourth-order valence-corrected chi connectivity index (χ4v) is 2.74. The fourth-order valence-electron chi connectivity index (χ4n) is 2.74.